The maximum atomic E-state index is 12.4. The number of alkyl halides is 3. The largest absolute Gasteiger partial charge is 0.573 e. The van der Waals surface area contributed by atoms with E-state index in [1.165, 1.54) is 18.2 Å². The van der Waals surface area contributed by atoms with Gasteiger partial charge in [0.1, 0.15) is 11.3 Å². The Labute approximate surface area is 153 Å². The monoisotopic (exact) mass is 377 g/mol. The predicted octanol–water partition coefficient (Wildman–Crippen LogP) is 3.33. The van der Waals surface area contributed by atoms with E-state index in [0.29, 0.717) is 12.1 Å². The van der Waals surface area contributed by atoms with E-state index in [1.54, 1.807) is 18.3 Å². The van der Waals surface area contributed by atoms with Crippen LogP contribution in [0.25, 0.3) is 11.1 Å². The SMILES string of the molecule is O=C1NCC[C@]12CC[C@H](c1cc(-c3cccc(OC(F)(F)F)c3)ccn1)N2. The van der Waals surface area contributed by atoms with Gasteiger partial charge in [0.15, 0.2) is 0 Å². The molecule has 0 unspecified atom stereocenters. The highest BCUT2D eigenvalue weighted by Crippen LogP contribution is 2.37. The first kappa shape index (κ1) is 17.8. The number of rotatable bonds is 3. The lowest BCUT2D eigenvalue weighted by atomic mass is 9.96. The van der Waals surface area contributed by atoms with Crippen molar-refractivity contribution >= 4 is 5.91 Å². The zero-order valence-corrected chi connectivity index (χ0v) is 14.3. The highest BCUT2D eigenvalue weighted by atomic mass is 19.4. The Morgan fingerprint density at radius 3 is 2.70 bits per heavy atom. The minimum atomic E-state index is -4.73. The molecule has 2 aromatic rings. The van der Waals surface area contributed by atoms with Crippen LogP contribution in [0.15, 0.2) is 42.6 Å². The molecule has 2 atom stereocenters. The summed E-state index contributed by atoms with van der Waals surface area (Å²) in [6, 6.07) is 9.36. The zero-order valence-electron chi connectivity index (χ0n) is 14.3. The van der Waals surface area contributed by atoms with Crippen molar-refractivity contribution in [2.45, 2.75) is 37.2 Å². The van der Waals surface area contributed by atoms with Gasteiger partial charge in [-0.05, 0) is 54.7 Å². The number of halogens is 3. The lowest BCUT2D eigenvalue weighted by molar-refractivity contribution is -0.274. The minimum Gasteiger partial charge on any atom is -0.406 e. The average molecular weight is 377 g/mol. The van der Waals surface area contributed by atoms with Crippen LogP contribution in [0.2, 0.25) is 0 Å². The number of aromatic nitrogens is 1. The number of hydrogen-bond acceptors (Lipinski definition) is 4. The van der Waals surface area contributed by atoms with Gasteiger partial charge in [0.25, 0.3) is 0 Å². The van der Waals surface area contributed by atoms with Gasteiger partial charge in [-0.15, -0.1) is 13.2 Å². The normalized spacial score (nSPS) is 25.0. The van der Waals surface area contributed by atoms with Crippen molar-refractivity contribution in [1.82, 2.24) is 15.6 Å². The fraction of sp³-hybridized carbons (Fsp3) is 0.368. The first-order valence-corrected chi connectivity index (χ1v) is 8.73. The van der Waals surface area contributed by atoms with Crippen LogP contribution in [0.3, 0.4) is 0 Å². The van der Waals surface area contributed by atoms with Crippen molar-refractivity contribution in [3.05, 3.63) is 48.3 Å². The summed E-state index contributed by atoms with van der Waals surface area (Å²) in [7, 11) is 0. The molecular weight excluding hydrogens is 359 g/mol. The van der Waals surface area contributed by atoms with Gasteiger partial charge in [-0.2, -0.15) is 0 Å². The molecule has 8 heteroatoms. The molecule has 1 aromatic heterocycles. The summed E-state index contributed by atoms with van der Waals surface area (Å²) in [5.41, 5.74) is 1.59. The molecule has 2 aliphatic heterocycles. The average Bonchev–Trinajstić information content (AvgIpc) is 3.21. The second kappa shape index (κ2) is 6.53. The van der Waals surface area contributed by atoms with Crippen LogP contribution in [0.1, 0.15) is 31.0 Å². The Balaban J connectivity index is 1.57. The fourth-order valence-corrected chi connectivity index (χ4v) is 3.83. The van der Waals surface area contributed by atoms with Gasteiger partial charge >= 0.3 is 6.36 Å². The van der Waals surface area contributed by atoms with Gasteiger partial charge in [0.05, 0.1) is 11.7 Å². The number of nitrogens with zero attached hydrogens (tertiary/aromatic N) is 1. The molecule has 27 heavy (non-hydrogen) atoms. The number of benzene rings is 1. The molecule has 2 saturated heterocycles. The predicted molar refractivity (Wildman–Crippen MR) is 91.8 cm³/mol. The summed E-state index contributed by atoms with van der Waals surface area (Å²) in [4.78, 5) is 16.5. The second-order valence-electron chi connectivity index (χ2n) is 6.87. The summed E-state index contributed by atoms with van der Waals surface area (Å²) < 4.78 is 41.3. The van der Waals surface area contributed by atoms with Crippen molar-refractivity contribution in [2.75, 3.05) is 6.54 Å². The number of pyridine rings is 1. The molecular formula is C19H18F3N3O2. The van der Waals surface area contributed by atoms with E-state index in [2.05, 4.69) is 20.4 Å². The Kier molecular flexibility index (Phi) is 4.30. The molecule has 5 nitrogen and oxygen atoms in total. The van der Waals surface area contributed by atoms with Crippen molar-refractivity contribution in [3.8, 4) is 16.9 Å². The highest BCUT2D eigenvalue weighted by molar-refractivity contribution is 5.88. The lowest BCUT2D eigenvalue weighted by Crippen LogP contribution is -2.47. The number of carbonyl (C=O) groups excluding carboxylic acids is 1. The summed E-state index contributed by atoms with van der Waals surface area (Å²) in [6.07, 6.45) is -0.834. The van der Waals surface area contributed by atoms with Gasteiger partial charge in [-0.1, -0.05) is 12.1 Å². The standard InChI is InChI=1S/C19H18F3N3O2/c20-19(21,22)27-14-3-1-2-12(10-14)13-5-8-23-16(11-13)15-4-6-18(25-15)7-9-24-17(18)26/h1-3,5,8,10-11,15,25H,4,6-7,9H2,(H,24,26)/t15-,18-/m1/s1. The maximum Gasteiger partial charge on any atom is 0.573 e. The fourth-order valence-electron chi connectivity index (χ4n) is 3.83. The Morgan fingerprint density at radius 2 is 1.96 bits per heavy atom. The van der Waals surface area contributed by atoms with E-state index in [4.69, 9.17) is 0 Å². The maximum absolute atomic E-state index is 12.4. The molecule has 0 saturated carbocycles. The lowest BCUT2D eigenvalue weighted by Gasteiger charge is -2.21. The van der Waals surface area contributed by atoms with Crippen LogP contribution >= 0.6 is 0 Å². The summed E-state index contributed by atoms with van der Waals surface area (Å²) >= 11 is 0. The van der Waals surface area contributed by atoms with E-state index >= 15 is 0 Å². The van der Waals surface area contributed by atoms with E-state index < -0.39 is 11.9 Å². The molecule has 0 aliphatic carbocycles. The van der Waals surface area contributed by atoms with E-state index in [9.17, 15) is 18.0 Å². The van der Waals surface area contributed by atoms with Gasteiger partial charge in [-0.3, -0.25) is 15.1 Å². The topological polar surface area (TPSA) is 63.2 Å². The van der Waals surface area contributed by atoms with Crippen LogP contribution < -0.4 is 15.4 Å². The Morgan fingerprint density at radius 1 is 1.15 bits per heavy atom. The van der Waals surface area contributed by atoms with Crippen LogP contribution in [0.4, 0.5) is 13.2 Å². The van der Waals surface area contributed by atoms with Gasteiger partial charge in [0, 0.05) is 12.7 Å². The van der Waals surface area contributed by atoms with Gasteiger partial charge in [0.2, 0.25) is 5.91 Å². The molecule has 3 heterocycles. The third-order valence-electron chi connectivity index (χ3n) is 5.12. The summed E-state index contributed by atoms with van der Waals surface area (Å²) in [5.74, 6) is -0.239. The van der Waals surface area contributed by atoms with Crippen molar-refractivity contribution in [1.29, 1.82) is 0 Å². The molecule has 2 fully saturated rings. The summed E-state index contributed by atoms with van der Waals surface area (Å²) in [6.45, 7) is 0.665. The van der Waals surface area contributed by atoms with Crippen molar-refractivity contribution in [3.63, 3.8) is 0 Å². The molecule has 2 N–H and O–H groups in total. The van der Waals surface area contributed by atoms with Crippen LogP contribution in [-0.2, 0) is 4.79 Å². The molecule has 4 rings (SSSR count). The minimum absolute atomic E-state index is 0.0261. The molecule has 2 aliphatic rings. The molecule has 0 bridgehead atoms. The third kappa shape index (κ3) is 3.62. The Hall–Kier alpha value is -2.61. The molecule has 1 amide bonds. The molecule has 1 aromatic carbocycles. The molecule has 142 valence electrons. The van der Waals surface area contributed by atoms with Crippen LogP contribution in [0.5, 0.6) is 5.75 Å². The summed E-state index contributed by atoms with van der Waals surface area (Å²) in [5, 5.41) is 6.26. The number of hydrogen-bond donors (Lipinski definition) is 2. The number of ether oxygens (including phenoxy) is 1. The highest BCUT2D eigenvalue weighted by Gasteiger charge is 2.48. The molecule has 1 spiro atoms. The van der Waals surface area contributed by atoms with Crippen LogP contribution in [0, 0.1) is 0 Å². The van der Waals surface area contributed by atoms with E-state index in [-0.39, 0.29) is 17.7 Å². The van der Waals surface area contributed by atoms with Crippen molar-refractivity contribution in [2.24, 2.45) is 0 Å². The number of carbonyl (C=O) groups is 1. The zero-order chi connectivity index (χ0) is 19.1. The first-order chi connectivity index (χ1) is 12.8. The van der Waals surface area contributed by atoms with Crippen molar-refractivity contribution < 1.29 is 22.7 Å². The molecule has 0 radical (unpaired) electrons. The Bertz CT molecular complexity index is 871. The van der Waals surface area contributed by atoms with Gasteiger partial charge in [-0.25, -0.2) is 0 Å². The van der Waals surface area contributed by atoms with Gasteiger partial charge < -0.3 is 10.1 Å². The smallest absolute Gasteiger partial charge is 0.406 e. The van der Waals surface area contributed by atoms with E-state index in [0.717, 1.165) is 30.5 Å². The quantitative estimate of drug-likeness (QED) is 0.861. The van der Waals surface area contributed by atoms with E-state index in [1.807, 2.05) is 6.07 Å². The number of amides is 1. The van der Waals surface area contributed by atoms with Crippen LogP contribution in [-0.4, -0.2) is 29.3 Å². The number of nitrogens with one attached hydrogen (secondary N) is 2. The second-order valence-corrected chi connectivity index (χ2v) is 6.87. The third-order valence-corrected chi connectivity index (χ3v) is 5.12. The first-order valence-electron chi connectivity index (χ1n) is 8.73.